The van der Waals surface area contributed by atoms with Crippen molar-refractivity contribution in [2.75, 3.05) is 26.2 Å². The van der Waals surface area contributed by atoms with E-state index in [1.54, 1.807) is 30.3 Å². The summed E-state index contributed by atoms with van der Waals surface area (Å²) in [6.07, 6.45) is -5.36. The van der Waals surface area contributed by atoms with Crippen LogP contribution >= 0.6 is 0 Å². The molecule has 2 rings (SSSR count). The largest absolute Gasteiger partial charge is 0.393 e. The Balaban J connectivity index is 0.0000211. The monoisotopic (exact) mass is 903 g/mol. The van der Waals surface area contributed by atoms with Crippen LogP contribution in [0.4, 0.5) is 0 Å². The Morgan fingerprint density at radius 1 is 0.891 bits per heavy atom. The van der Waals surface area contributed by atoms with Gasteiger partial charge in [-0.15, -0.1) is 0 Å². The first kappa shape index (κ1) is 54.2. The summed E-state index contributed by atoms with van der Waals surface area (Å²) in [5.41, 5.74) is 16.9. The van der Waals surface area contributed by atoms with Gasteiger partial charge in [0.25, 0.3) is 0 Å². The van der Waals surface area contributed by atoms with Crippen LogP contribution in [0.2, 0.25) is 0 Å². The Morgan fingerprint density at radius 2 is 1.56 bits per heavy atom. The first-order valence-corrected chi connectivity index (χ1v) is 21.4. The number of aliphatic hydroxyl groups is 2. The molecule has 13 N–H and O–H groups in total. The molecular formula is C43H67N9O12. The molecule has 356 valence electrons. The number of Topliss-reactive ketones (excluding diaryl/α,β-unsaturated/α-hetero) is 5. The van der Waals surface area contributed by atoms with Crippen LogP contribution in [-0.4, -0.2) is 131 Å². The van der Waals surface area contributed by atoms with E-state index in [2.05, 4.69) is 31.6 Å². The van der Waals surface area contributed by atoms with Crippen molar-refractivity contribution in [2.24, 2.45) is 39.9 Å². The Bertz CT molecular complexity index is 1840. The van der Waals surface area contributed by atoms with E-state index < -0.39 is 132 Å². The molecule has 0 spiro atoms. The SMILES string of the molecule is CC(=O)[C@@H](CC(=O)[C@@H]1CCC(=O)NCC[C@H](NC(=O)CCC(=O)CN)C(=O)N[C@@H](CCCN=C(N)N)C(=O)N[C@@H](Cc2ccccc2)C(=O)NCC(=O)C[C@@H]([C@@H](C)O)C(=O)C1)[C@@H](C)O.[3HH]. The van der Waals surface area contributed by atoms with E-state index in [9.17, 15) is 58.2 Å². The summed E-state index contributed by atoms with van der Waals surface area (Å²) < 4.78 is 0. The molecule has 0 aliphatic carbocycles. The smallest absolute Gasteiger partial charge is 0.243 e. The fraction of sp³-hybridized carbons (Fsp3) is 0.605. The molecule has 64 heavy (non-hydrogen) atoms. The summed E-state index contributed by atoms with van der Waals surface area (Å²) in [7, 11) is 0. The Hall–Kier alpha value is -5.93. The zero-order valence-corrected chi connectivity index (χ0v) is 36.8. The summed E-state index contributed by atoms with van der Waals surface area (Å²) in [6.45, 7) is 2.74. The number of guanidine groups is 1. The standard InChI is InChI=1S/C43H65N9O12.H2/c1-24(53)31(25(2)54)21-36(58)28-11-13-38(60)47-17-15-34(50-39(61)14-12-29(56)22-44)42(64)51-33(10-7-16-48-43(45)46)41(63)52-35(18-27-8-5-4-6-9-27)40(62)49-23-30(57)20-32(26(3)55)37(59)19-28;/h4-6,8-9,24,26,28,31-35,53,55H,7,10-23,44H2,1-3H3,(H,47,60)(H,49,62)(H,50,61)(H,51,64)(H,52,63)(H4,45,46,48);1H/t24-,26-,28-,31+,32+,33+,34+,35+;/m1./s1/i;1+2. The minimum Gasteiger partial charge on any atom is -0.393 e. The number of aliphatic hydroxyl groups excluding tert-OH is 2. The highest BCUT2D eigenvalue weighted by Crippen LogP contribution is 2.24. The number of amides is 5. The number of benzene rings is 1. The summed E-state index contributed by atoms with van der Waals surface area (Å²) in [4.78, 5) is 137. The average Bonchev–Trinajstić information content (AvgIpc) is 3.23. The molecule has 21 nitrogen and oxygen atoms in total. The molecule has 21 heteroatoms. The predicted octanol–water partition coefficient (Wildman–Crippen LogP) is -2.22. The molecule has 5 amide bonds. The van der Waals surface area contributed by atoms with Crippen molar-refractivity contribution in [3.8, 4) is 0 Å². The van der Waals surface area contributed by atoms with E-state index in [1.165, 1.54) is 20.8 Å². The number of ketones is 5. The molecule has 1 fully saturated rings. The minimum atomic E-state index is -1.38. The quantitative estimate of drug-likeness (QED) is 0.0450. The highest BCUT2D eigenvalue weighted by atomic mass is 16.3. The molecular weight excluding hydrogens is 835 g/mol. The number of hydrogen-bond donors (Lipinski definition) is 10. The number of carbonyl (C=O) groups excluding carboxylic acids is 10. The Kier molecular flexibility index (Phi) is 23.7. The normalized spacial score (nSPS) is 22.7. The zero-order valence-electron chi connectivity index (χ0n) is 36.8. The molecule has 8 atom stereocenters. The number of nitrogens with one attached hydrogen (secondary N) is 5. The maximum atomic E-state index is 14.0. The van der Waals surface area contributed by atoms with E-state index in [4.69, 9.17) is 17.2 Å². The van der Waals surface area contributed by atoms with Crippen molar-refractivity contribution in [3.05, 3.63) is 35.9 Å². The predicted molar refractivity (Wildman–Crippen MR) is 235 cm³/mol. The number of aliphatic imine (C=N–C) groups is 1. The third-order valence-corrected chi connectivity index (χ3v) is 10.8. The molecule has 0 aromatic heterocycles. The highest BCUT2D eigenvalue weighted by Gasteiger charge is 2.35. The van der Waals surface area contributed by atoms with Crippen LogP contribution in [-0.2, 0) is 54.4 Å². The topological polar surface area (TPSA) is 362 Å². The lowest BCUT2D eigenvalue weighted by molar-refractivity contribution is -0.137. The van der Waals surface area contributed by atoms with Gasteiger partial charge in [-0.05, 0) is 52.0 Å². The number of hydrogen-bond acceptors (Lipinski definition) is 14. The van der Waals surface area contributed by atoms with Gasteiger partial charge in [0.2, 0.25) is 29.5 Å². The molecule has 1 aliphatic heterocycles. The molecule has 1 aromatic rings. The molecule has 0 unspecified atom stereocenters. The number of nitrogens with zero attached hydrogens (tertiary/aromatic N) is 1. The van der Waals surface area contributed by atoms with Gasteiger partial charge >= 0.3 is 0 Å². The van der Waals surface area contributed by atoms with E-state index >= 15 is 0 Å². The van der Waals surface area contributed by atoms with Gasteiger partial charge < -0.3 is 54.0 Å². The van der Waals surface area contributed by atoms with E-state index in [0.29, 0.717) is 5.56 Å². The highest BCUT2D eigenvalue weighted by molar-refractivity contribution is 5.97. The lowest BCUT2D eigenvalue weighted by Crippen LogP contribution is -2.57. The first-order chi connectivity index (χ1) is 30.2. The summed E-state index contributed by atoms with van der Waals surface area (Å²) >= 11 is 0. The van der Waals surface area contributed by atoms with Crippen molar-refractivity contribution >= 4 is 64.4 Å². The lowest BCUT2D eigenvalue weighted by Gasteiger charge is -2.26. The fourth-order valence-electron chi connectivity index (χ4n) is 7.00. The first-order valence-electron chi connectivity index (χ1n) is 21.4. The van der Waals surface area contributed by atoms with Crippen molar-refractivity contribution in [1.82, 2.24) is 26.6 Å². The molecule has 1 aromatic carbocycles. The third kappa shape index (κ3) is 20.1. The molecule has 0 bridgehead atoms. The third-order valence-electron chi connectivity index (χ3n) is 10.8. The van der Waals surface area contributed by atoms with Crippen molar-refractivity contribution < 1.29 is 59.6 Å². The maximum Gasteiger partial charge on any atom is 0.243 e. The summed E-state index contributed by atoms with van der Waals surface area (Å²) in [6, 6.07) is 4.54. The van der Waals surface area contributed by atoms with Crippen LogP contribution in [0.5, 0.6) is 0 Å². The van der Waals surface area contributed by atoms with Gasteiger partial charge in [-0.3, -0.25) is 52.9 Å². The minimum absolute atomic E-state index is 0. The number of carbonyl (C=O) groups is 10. The Morgan fingerprint density at radius 3 is 2.17 bits per heavy atom. The van der Waals surface area contributed by atoms with Crippen LogP contribution in [0.15, 0.2) is 35.3 Å². The van der Waals surface area contributed by atoms with Gasteiger partial charge in [0, 0.05) is 71.3 Å². The molecule has 0 radical (unpaired) electrons. The molecule has 1 aliphatic rings. The van der Waals surface area contributed by atoms with Gasteiger partial charge in [0.1, 0.15) is 41.3 Å². The van der Waals surface area contributed by atoms with Gasteiger partial charge in [-0.1, -0.05) is 30.3 Å². The van der Waals surface area contributed by atoms with E-state index in [1.807, 2.05) is 0 Å². The number of nitrogens with two attached hydrogens (primary N) is 3. The Labute approximate surface area is 373 Å². The van der Waals surface area contributed by atoms with Crippen molar-refractivity contribution in [3.63, 3.8) is 0 Å². The maximum absolute atomic E-state index is 14.0. The molecule has 1 saturated heterocycles. The lowest BCUT2D eigenvalue weighted by atomic mass is 9.81. The summed E-state index contributed by atoms with van der Waals surface area (Å²) in [5.74, 6) is -10.5. The van der Waals surface area contributed by atoms with Gasteiger partial charge in [-0.25, -0.2) is 0 Å². The van der Waals surface area contributed by atoms with E-state index in [0.717, 1.165) is 0 Å². The van der Waals surface area contributed by atoms with E-state index in [-0.39, 0.29) is 78.4 Å². The van der Waals surface area contributed by atoms with Gasteiger partial charge in [-0.2, -0.15) is 0 Å². The van der Waals surface area contributed by atoms with Crippen molar-refractivity contribution in [1.29, 1.82) is 0 Å². The second-order valence-corrected chi connectivity index (χ2v) is 16.1. The van der Waals surface area contributed by atoms with Crippen LogP contribution in [0.1, 0.15) is 92.0 Å². The zero-order chi connectivity index (χ0) is 47.9. The summed E-state index contributed by atoms with van der Waals surface area (Å²) in [5, 5.41) is 33.7. The van der Waals surface area contributed by atoms with Crippen molar-refractivity contribution in [2.45, 2.75) is 122 Å². The molecule has 1 heterocycles. The fourth-order valence-corrected chi connectivity index (χ4v) is 7.00. The van der Waals surface area contributed by atoms with Gasteiger partial charge in [0.05, 0.1) is 31.2 Å². The van der Waals surface area contributed by atoms with Crippen LogP contribution in [0.3, 0.4) is 0 Å². The van der Waals surface area contributed by atoms with Crippen LogP contribution < -0.4 is 43.8 Å². The second kappa shape index (κ2) is 28.0. The number of rotatable bonds is 17. The van der Waals surface area contributed by atoms with Crippen LogP contribution in [0, 0.1) is 17.8 Å². The molecule has 0 saturated carbocycles. The average molecular weight is 904 g/mol. The van der Waals surface area contributed by atoms with Crippen LogP contribution in [0.25, 0.3) is 0 Å². The second-order valence-electron chi connectivity index (χ2n) is 16.1. The van der Waals surface area contributed by atoms with Gasteiger partial charge in [0.15, 0.2) is 11.7 Å².